The Labute approximate surface area is 102 Å². The summed E-state index contributed by atoms with van der Waals surface area (Å²) in [7, 11) is -3.60. The highest BCUT2D eigenvalue weighted by Crippen LogP contribution is 2.17. The van der Waals surface area contributed by atoms with Crippen LogP contribution < -0.4 is 0 Å². The number of hydrogen-bond donors (Lipinski definition) is 0. The summed E-state index contributed by atoms with van der Waals surface area (Å²) in [5, 5.41) is 0. The average molecular weight is 344 g/mol. The van der Waals surface area contributed by atoms with Crippen LogP contribution >= 0.6 is 22.6 Å². The van der Waals surface area contributed by atoms with Crippen molar-refractivity contribution in [2.24, 2.45) is 0 Å². The second-order valence-electron chi connectivity index (χ2n) is 2.84. The van der Waals surface area contributed by atoms with E-state index in [4.69, 9.17) is 0 Å². The Hall–Kier alpha value is -0.210. The summed E-state index contributed by atoms with van der Waals surface area (Å²) in [6.45, 7) is 1.68. The highest BCUT2D eigenvalue weighted by atomic mass is 127. The zero-order valence-corrected chi connectivity index (χ0v) is 11.0. The zero-order valence-electron chi connectivity index (χ0n) is 8.04. The van der Waals surface area contributed by atoms with Crippen LogP contribution in [0, 0.1) is 9.39 Å². The van der Waals surface area contributed by atoms with Crippen LogP contribution in [-0.4, -0.2) is 15.0 Å². The van der Waals surface area contributed by atoms with Crippen molar-refractivity contribution in [2.75, 3.05) is 6.61 Å². The Balaban J connectivity index is 2.94. The van der Waals surface area contributed by atoms with E-state index in [0.29, 0.717) is 9.13 Å². The molecule has 0 aromatic heterocycles. The van der Waals surface area contributed by atoms with E-state index in [1.54, 1.807) is 6.92 Å². The SMILES string of the molecule is CCOS(=O)(=O)Cc1cc(F)ccc1I. The lowest BCUT2D eigenvalue weighted by atomic mass is 10.2. The van der Waals surface area contributed by atoms with Gasteiger partial charge in [-0.2, -0.15) is 8.42 Å². The van der Waals surface area contributed by atoms with E-state index in [2.05, 4.69) is 4.18 Å². The molecular weight excluding hydrogens is 334 g/mol. The van der Waals surface area contributed by atoms with Gasteiger partial charge in [0.1, 0.15) is 11.6 Å². The van der Waals surface area contributed by atoms with Crippen LogP contribution in [0.3, 0.4) is 0 Å². The Morgan fingerprint density at radius 2 is 2.13 bits per heavy atom. The van der Waals surface area contributed by atoms with Crippen molar-refractivity contribution in [3.63, 3.8) is 0 Å². The summed E-state index contributed by atoms with van der Waals surface area (Å²) in [6, 6.07) is 4.03. The molecule has 0 bridgehead atoms. The Morgan fingerprint density at radius 1 is 1.47 bits per heavy atom. The first-order chi connectivity index (χ1) is 6.94. The molecule has 1 aromatic rings. The van der Waals surface area contributed by atoms with Crippen LogP contribution in [0.1, 0.15) is 12.5 Å². The molecule has 84 valence electrons. The highest BCUT2D eigenvalue weighted by Gasteiger charge is 2.14. The Kier molecular flexibility index (Phi) is 4.47. The monoisotopic (exact) mass is 344 g/mol. The van der Waals surface area contributed by atoms with E-state index >= 15 is 0 Å². The molecule has 0 atom stereocenters. The summed E-state index contributed by atoms with van der Waals surface area (Å²) in [6.07, 6.45) is 0. The molecule has 0 aliphatic rings. The van der Waals surface area contributed by atoms with Gasteiger partial charge in [0.05, 0.1) is 6.61 Å². The van der Waals surface area contributed by atoms with E-state index < -0.39 is 15.9 Å². The minimum atomic E-state index is -3.60. The normalized spacial score (nSPS) is 11.7. The fraction of sp³-hybridized carbons (Fsp3) is 0.333. The summed E-state index contributed by atoms with van der Waals surface area (Å²) in [5.41, 5.74) is 0.420. The molecule has 1 rings (SSSR count). The molecule has 0 radical (unpaired) electrons. The van der Waals surface area contributed by atoms with Gasteiger partial charge in [-0.05, 0) is 53.3 Å². The number of halogens is 2. The van der Waals surface area contributed by atoms with E-state index in [-0.39, 0.29) is 12.4 Å². The van der Waals surface area contributed by atoms with Crippen molar-refractivity contribution in [3.05, 3.63) is 33.1 Å². The van der Waals surface area contributed by atoms with E-state index in [1.165, 1.54) is 18.2 Å². The molecule has 0 saturated heterocycles. The predicted molar refractivity (Wildman–Crippen MR) is 63.4 cm³/mol. The summed E-state index contributed by atoms with van der Waals surface area (Å²) in [5.74, 6) is -0.742. The van der Waals surface area contributed by atoms with E-state index in [9.17, 15) is 12.8 Å². The molecular formula is C9H10FIO3S. The molecule has 0 heterocycles. The maximum absolute atomic E-state index is 12.9. The molecule has 0 spiro atoms. The van der Waals surface area contributed by atoms with E-state index in [1.807, 2.05) is 22.6 Å². The first-order valence-corrected chi connectivity index (χ1v) is 6.91. The molecule has 3 nitrogen and oxygen atoms in total. The standard InChI is InChI=1S/C9H10FIO3S/c1-2-14-15(12,13)6-7-5-8(10)3-4-9(7)11/h3-5H,2,6H2,1H3. The minimum absolute atomic E-state index is 0.0915. The van der Waals surface area contributed by atoms with Crippen molar-refractivity contribution >= 4 is 32.7 Å². The zero-order chi connectivity index (χ0) is 11.5. The maximum Gasteiger partial charge on any atom is 0.271 e. The van der Waals surface area contributed by atoms with Gasteiger partial charge < -0.3 is 0 Å². The first kappa shape index (κ1) is 12.9. The molecule has 15 heavy (non-hydrogen) atoms. The van der Waals surface area contributed by atoms with Gasteiger partial charge in [0.25, 0.3) is 10.1 Å². The van der Waals surface area contributed by atoms with Gasteiger partial charge in [-0.25, -0.2) is 4.39 Å². The summed E-state index contributed by atoms with van der Waals surface area (Å²) in [4.78, 5) is 0. The smallest absolute Gasteiger partial charge is 0.270 e. The molecule has 1 aromatic carbocycles. The third-order valence-corrected chi connectivity index (χ3v) is 3.95. The van der Waals surface area contributed by atoms with Crippen LogP contribution in [0.5, 0.6) is 0 Å². The van der Waals surface area contributed by atoms with Crippen LogP contribution in [-0.2, 0) is 20.1 Å². The van der Waals surface area contributed by atoms with Gasteiger partial charge in [-0.15, -0.1) is 0 Å². The molecule has 0 unspecified atom stereocenters. The average Bonchev–Trinajstić information content (AvgIpc) is 2.10. The lowest BCUT2D eigenvalue weighted by Crippen LogP contribution is -2.09. The fourth-order valence-corrected chi connectivity index (χ4v) is 2.91. The Bertz CT molecular complexity index is 445. The van der Waals surface area contributed by atoms with Crippen molar-refractivity contribution in [3.8, 4) is 0 Å². The molecule has 0 aliphatic carbocycles. The summed E-state index contributed by atoms with van der Waals surface area (Å²) >= 11 is 1.96. The summed E-state index contributed by atoms with van der Waals surface area (Å²) < 4.78 is 40.8. The number of rotatable bonds is 4. The lowest BCUT2D eigenvalue weighted by molar-refractivity contribution is 0.337. The van der Waals surface area contributed by atoms with Crippen LogP contribution in [0.25, 0.3) is 0 Å². The number of hydrogen-bond acceptors (Lipinski definition) is 3. The third-order valence-electron chi connectivity index (χ3n) is 1.64. The van der Waals surface area contributed by atoms with Gasteiger partial charge in [-0.1, -0.05) is 0 Å². The van der Waals surface area contributed by atoms with Gasteiger partial charge in [0.2, 0.25) is 0 Å². The molecule has 0 N–H and O–H groups in total. The minimum Gasteiger partial charge on any atom is -0.270 e. The molecule has 0 amide bonds. The lowest BCUT2D eigenvalue weighted by Gasteiger charge is -2.05. The Morgan fingerprint density at radius 3 is 2.73 bits per heavy atom. The largest absolute Gasteiger partial charge is 0.271 e. The van der Waals surface area contributed by atoms with Gasteiger partial charge in [-0.3, -0.25) is 4.18 Å². The van der Waals surface area contributed by atoms with Crippen molar-refractivity contribution in [2.45, 2.75) is 12.7 Å². The molecule has 0 saturated carbocycles. The van der Waals surface area contributed by atoms with Crippen molar-refractivity contribution in [1.82, 2.24) is 0 Å². The highest BCUT2D eigenvalue weighted by molar-refractivity contribution is 14.1. The maximum atomic E-state index is 12.9. The van der Waals surface area contributed by atoms with Crippen LogP contribution in [0.15, 0.2) is 18.2 Å². The third kappa shape index (κ3) is 4.04. The van der Waals surface area contributed by atoms with Gasteiger partial charge >= 0.3 is 0 Å². The second-order valence-corrected chi connectivity index (χ2v) is 5.65. The molecule has 6 heteroatoms. The topological polar surface area (TPSA) is 43.4 Å². The van der Waals surface area contributed by atoms with Gasteiger partial charge in [0, 0.05) is 3.57 Å². The first-order valence-electron chi connectivity index (χ1n) is 4.25. The van der Waals surface area contributed by atoms with Crippen LogP contribution in [0.4, 0.5) is 4.39 Å². The predicted octanol–water partition coefficient (Wildman–Crippen LogP) is 2.30. The van der Waals surface area contributed by atoms with Crippen molar-refractivity contribution < 1.29 is 17.0 Å². The number of benzene rings is 1. The quantitative estimate of drug-likeness (QED) is 0.622. The molecule has 0 aliphatic heterocycles. The van der Waals surface area contributed by atoms with E-state index in [0.717, 1.165) is 0 Å². The fourth-order valence-electron chi connectivity index (χ4n) is 1.07. The second kappa shape index (κ2) is 5.22. The van der Waals surface area contributed by atoms with Gasteiger partial charge in [0.15, 0.2) is 0 Å². The van der Waals surface area contributed by atoms with Crippen LogP contribution in [0.2, 0.25) is 0 Å². The van der Waals surface area contributed by atoms with Crippen molar-refractivity contribution in [1.29, 1.82) is 0 Å². The molecule has 0 fully saturated rings.